The fourth-order valence-corrected chi connectivity index (χ4v) is 5.07. The van der Waals surface area contributed by atoms with Crippen molar-refractivity contribution >= 4 is 28.9 Å². The zero-order valence-corrected chi connectivity index (χ0v) is 21.4. The number of benzene rings is 2. The number of allylic oxidation sites excluding steroid dienone is 1. The smallest absolute Gasteiger partial charge is 0.255 e. The van der Waals surface area contributed by atoms with Gasteiger partial charge >= 0.3 is 0 Å². The molecule has 9 heteroatoms. The van der Waals surface area contributed by atoms with Crippen molar-refractivity contribution in [2.45, 2.75) is 19.6 Å². The number of aromatic nitrogens is 4. The molecule has 1 amide bonds. The Morgan fingerprint density at radius 3 is 2.76 bits per heavy atom. The number of nitrogens with one attached hydrogen (secondary N) is 2. The van der Waals surface area contributed by atoms with Gasteiger partial charge in [-0.1, -0.05) is 48.5 Å². The zero-order chi connectivity index (χ0) is 25.9. The molecule has 1 aliphatic heterocycles. The monoisotopic (exact) mass is 520 g/mol. The van der Waals surface area contributed by atoms with E-state index in [0.717, 1.165) is 16.0 Å². The fraction of sp³-hybridized carbons (Fsp3) is 0.103. The van der Waals surface area contributed by atoms with Crippen LogP contribution in [-0.2, 0) is 11.4 Å². The van der Waals surface area contributed by atoms with Gasteiger partial charge in [-0.2, -0.15) is 4.98 Å². The first-order valence-electron chi connectivity index (χ1n) is 12.1. The summed E-state index contributed by atoms with van der Waals surface area (Å²) in [6, 6.07) is 24.8. The summed E-state index contributed by atoms with van der Waals surface area (Å²) in [5.41, 5.74) is 3.77. The molecular formula is C29H24N6O2S. The van der Waals surface area contributed by atoms with Gasteiger partial charge in [0.25, 0.3) is 5.91 Å². The van der Waals surface area contributed by atoms with Gasteiger partial charge in [0, 0.05) is 11.9 Å². The molecule has 4 heterocycles. The van der Waals surface area contributed by atoms with Crippen LogP contribution in [0.25, 0.3) is 10.7 Å². The van der Waals surface area contributed by atoms with Crippen molar-refractivity contribution in [2.24, 2.45) is 0 Å². The molecule has 2 N–H and O–H groups in total. The molecule has 0 aliphatic carbocycles. The standard InChI is InChI=1S/C29H24N6O2S/c1-19-25(28(36)32-22-11-6-14-30-17-22)26(35-29(31-19)33-27(34-35)24-13-7-15-38-24)21-10-5-12-23(16-21)37-18-20-8-3-2-4-9-20/h2-17,26H,18H2,1H3,(H,32,36)(H,31,33,34). The predicted octanol–water partition coefficient (Wildman–Crippen LogP) is 5.91. The minimum absolute atomic E-state index is 0.248. The number of amides is 1. The lowest BCUT2D eigenvalue weighted by Crippen LogP contribution is -2.31. The third kappa shape index (κ3) is 4.79. The third-order valence-electron chi connectivity index (χ3n) is 6.18. The first-order chi connectivity index (χ1) is 18.7. The van der Waals surface area contributed by atoms with Crippen LogP contribution in [-0.4, -0.2) is 25.7 Å². The highest BCUT2D eigenvalue weighted by atomic mass is 32.1. The van der Waals surface area contributed by atoms with E-state index >= 15 is 0 Å². The summed E-state index contributed by atoms with van der Waals surface area (Å²) in [6.07, 6.45) is 3.28. The molecule has 3 aromatic heterocycles. The number of fused-ring (bicyclic) bond motifs is 1. The molecule has 0 spiro atoms. The van der Waals surface area contributed by atoms with Crippen molar-refractivity contribution in [1.82, 2.24) is 19.7 Å². The summed E-state index contributed by atoms with van der Waals surface area (Å²) in [5, 5.41) is 13.1. The quantitative estimate of drug-likeness (QED) is 0.277. The molecule has 0 radical (unpaired) electrons. The molecule has 1 aliphatic rings. The van der Waals surface area contributed by atoms with E-state index in [-0.39, 0.29) is 5.91 Å². The van der Waals surface area contributed by atoms with E-state index in [4.69, 9.17) is 14.8 Å². The number of carbonyl (C=O) groups excluding carboxylic acids is 1. The number of nitrogens with zero attached hydrogens (tertiary/aromatic N) is 4. The summed E-state index contributed by atoms with van der Waals surface area (Å²) in [4.78, 5) is 23.5. The maximum absolute atomic E-state index is 13.7. The van der Waals surface area contributed by atoms with E-state index in [1.165, 1.54) is 0 Å². The Balaban J connectivity index is 1.39. The van der Waals surface area contributed by atoms with E-state index < -0.39 is 6.04 Å². The van der Waals surface area contributed by atoms with Crippen molar-refractivity contribution in [2.75, 3.05) is 10.6 Å². The second kappa shape index (κ2) is 10.3. The molecule has 188 valence electrons. The summed E-state index contributed by atoms with van der Waals surface area (Å²) >= 11 is 1.57. The number of carbonyl (C=O) groups is 1. The molecule has 0 bridgehead atoms. The Kier molecular flexibility index (Phi) is 6.41. The average Bonchev–Trinajstić information content (AvgIpc) is 3.63. The van der Waals surface area contributed by atoms with Gasteiger partial charge < -0.3 is 15.4 Å². The predicted molar refractivity (Wildman–Crippen MR) is 148 cm³/mol. The van der Waals surface area contributed by atoms with Crippen LogP contribution in [0.4, 0.5) is 11.6 Å². The number of thiophene rings is 1. The number of pyridine rings is 1. The van der Waals surface area contributed by atoms with E-state index in [9.17, 15) is 4.79 Å². The van der Waals surface area contributed by atoms with Gasteiger partial charge in [0.15, 0.2) is 5.82 Å². The molecule has 1 atom stereocenters. The lowest BCUT2D eigenvalue weighted by atomic mass is 9.95. The number of ether oxygens (including phenoxy) is 1. The molecule has 8 nitrogen and oxygen atoms in total. The molecule has 5 aromatic rings. The average molecular weight is 521 g/mol. The Morgan fingerprint density at radius 1 is 1.08 bits per heavy atom. The van der Waals surface area contributed by atoms with Crippen LogP contribution in [0.1, 0.15) is 24.1 Å². The third-order valence-corrected chi connectivity index (χ3v) is 7.05. The second-order valence-electron chi connectivity index (χ2n) is 8.79. The Bertz CT molecular complexity index is 1600. The highest BCUT2D eigenvalue weighted by Gasteiger charge is 2.35. The summed E-state index contributed by atoms with van der Waals surface area (Å²) in [5.74, 6) is 1.63. The fourth-order valence-electron chi connectivity index (χ4n) is 4.41. The molecule has 0 saturated carbocycles. The van der Waals surface area contributed by atoms with Gasteiger partial charge in [-0.05, 0) is 53.8 Å². The van der Waals surface area contributed by atoms with Gasteiger partial charge in [0.2, 0.25) is 5.95 Å². The van der Waals surface area contributed by atoms with Crippen LogP contribution in [0, 0.1) is 0 Å². The summed E-state index contributed by atoms with van der Waals surface area (Å²) < 4.78 is 7.88. The van der Waals surface area contributed by atoms with Crippen LogP contribution in [0.3, 0.4) is 0 Å². The van der Waals surface area contributed by atoms with E-state index in [0.29, 0.717) is 41.1 Å². The Morgan fingerprint density at radius 2 is 1.97 bits per heavy atom. The molecule has 0 fully saturated rings. The number of hydrogen-bond acceptors (Lipinski definition) is 7. The van der Waals surface area contributed by atoms with Gasteiger partial charge in [-0.25, -0.2) is 4.68 Å². The lowest BCUT2D eigenvalue weighted by Gasteiger charge is -2.29. The van der Waals surface area contributed by atoms with Gasteiger partial charge in [-0.3, -0.25) is 9.78 Å². The summed E-state index contributed by atoms with van der Waals surface area (Å²) in [7, 11) is 0. The minimum atomic E-state index is -0.524. The highest BCUT2D eigenvalue weighted by molar-refractivity contribution is 7.13. The Hall–Kier alpha value is -4.76. The number of hydrogen-bond donors (Lipinski definition) is 2. The second-order valence-corrected chi connectivity index (χ2v) is 9.74. The lowest BCUT2D eigenvalue weighted by molar-refractivity contribution is -0.113. The molecule has 2 aromatic carbocycles. The van der Waals surface area contributed by atoms with Crippen molar-refractivity contribution in [3.63, 3.8) is 0 Å². The normalized spacial score (nSPS) is 14.5. The molecule has 0 saturated heterocycles. The van der Waals surface area contributed by atoms with Crippen LogP contribution in [0.5, 0.6) is 5.75 Å². The molecule has 38 heavy (non-hydrogen) atoms. The summed E-state index contributed by atoms with van der Waals surface area (Å²) in [6.45, 7) is 2.32. The SMILES string of the molecule is CC1=C(C(=O)Nc2cccnc2)C(c2cccc(OCc3ccccc3)c2)n2nc(-c3cccs3)nc2N1. The zero-order valence-electron chi connectivity index (χ0n) is 20.5. The molecule has 6 rings (SSSR count). The van der Waals surface area contributed by atoms with Gasteiger partial charge in [0.1, 0.15) is 18.4 Å². The first-order valence-corrected chi connectivity index (χ1v) is 13.0. The van der Waals surface area contributed by atoms with Crippen LogP contribution in [0.2, 0.25) is 0 Å². The van der Waals surface area contributed by atoms with Gasteiger partial charge in [0.05, 0.1) is 22.3 Å². The van der Waals surface area contributed by atoms with Crippen molar-refractivity contribution < 1.29 is 9.53 Å². The van der Waals surface area contributed by atoms with Crippen molar-refractivity contribution in [1.29, 1.82) is 0 Å². The number of anilines is 2. The van der Waals surface area contributed by atoms with Crippen molar-refractivity contribution in [3.8, 4) is 16.5 Å². The topological polar surface area (TPSA) is 94.0 Å². The van der Waals surface area contributed by atoms with E-state index in [2.05, 4.69) is 15.6 Å². The largest absolute Gasteiger partial charge is 0.489 e. The molecule has 1 unspecified atom stereocenters. The number of rotatable bonds is 7. The highest BCUT2D eigenvalue weighted by Crippen LogP contribution is 2.38. The minimum Gasteiger partial charge on any atom is -0.489 e. The van der Waals surface area contributed by atoms with Crippen LogP contribution >= 0.6 is 11.3 Å². The maximum atomic E-state index is 13.7. The van der Waals surface area contributed by atoms with Crippen molar-refractivity contribution in [3.05, 3.63) is 119 Å². The maximum Gasteiger partial charge on any atom is 0.255 e. The Labute approximate surface area is 223 Å². The van der Waals surface area contributed by atoms with Crippen LogP contribution < -0.4 is 15.4 Å². The van der Waals surface area contributed by atoms with Gasteiger partial charge in [-0.15, -0.1) is 16.4 Å². The first kappa shape index (κ1) is 23.6. The van der Waals surface area contributed by atoms with E-state index in [1.807, 2.05) is 79.0 Å². The molecular weight excluding hydrogens is 496 g/mol. The van der Waals surface area contributed by atoms with E-state index in [1.54, 1.807) is 40.5 Å². The van der Waals surface area contributed by atoms with Crippen LogP contribution in [0.15, 0.2) is 108 Å².